The summed E-state index contributed by atoms with van der Waals surface area (Å²) in [5.74, 6) is 0.984. The van der Waals surface area contributed by atoms with Crippen LogP contribution >= 0.6 is 24.0 Å². The fourth-order valence-corrected chi connectivity index (χ4v) is 2.92. The van der Waals surface area contributed by atoms with Crippen LogP contribution in [0.4, 0.5) is 0 Å². The molecule has 138 valence electrons. The SMILES string of the molecule is CCNC(=NCCN(CC)CC)NC1CCN(C(C)C)CC1.I. The smallest absolute Gasteiger partial charge is 0.191 e. The number of aliphatic imine (C=N–C) groups is 1. The molecular formula is C17H38IN5. The van der Waals surface area contributed by atoms with Gasteiger partial charge in [-0.1, -0.05) is 13.8 Å². The van der Waals surface area contributed by atoms with Crippen LogP contribution < -0.4 is 10.6 Å². The minimum atomic E-state index is 0. The average molecular weight is 439 g/mol. The number of halogens is 1. The second-order valence-electron chi connectivity index (χ2n) is 6.34. The summed E-state index contributed by atoms with van der Waals surface area (Å²) in [6, 6.07) is 1.22. The zero-order chi connectivity index (χ0) is 16.4. The van der Waals surface area contributed by atoms with E-state index in [2.05, 4.69) is 55.1 Å². The molecule has 1 fully saturated rings. The van der Waals surface area contributed by atoms with E-state index in [0.29, 0.717) is 12.1 Å². The van der Waals surface area contributed by atoms with Crippen molar-refractivity contribution in [2.24, 2.45) is 4.99 Å². The summed E-state index contributed by atoms with van der Waals surface area (Å²) in [6.07, 6.45) is 2.41. The molecule has 0 amide bonds. The molecule has 1 heterocycles. The third-order valence-electron chi connectivity index (χ3n) is 4.53. The lowest BCUT2D eigenvalue weighted by molar-refractivity contribution is 0.167. The van der Waals surface area contributed by atoms with E-state index < -0.39 is 0 Å². The van der Waals surface area contributed by atoms with Gasteiger partial charge in [-0.05, 0) is 46.7 Å². The van der Waals surface area contributed by atoms with E-state index in [1.54, 1.807) is 0 Å². The minimum Gasteiger partial charge on any atom is -0.357 e. The maximum absolute atomic E-state index is 4.74. The largest absolute Gasteiger partial charge is 0.357 e. The number of guanidine groups is 1. The molecule has 0 atom stereocenters. The molecule has 2 N–H and O–H groups in total. The van der Waals surface area contributed by atoms with E-state index in [1.165, 1.54) is 25.9 Å². The third-order valence-corrected chi connectivity index (χ3v) is 4.53. The van der Waals surface area contributed by atoms with E-state index in [-0.39, 0.29) is 24.0 Å². The summed E-state index contributed by atoms with van der Waals surface area (Å²) in [7, 11) is 0. The lowest BCUT2D eigenvalue weighted by atomic mass is 10.0. The highest BCUT2D eigenvalue weighted by atomic mass is 127. The molecular weight excluding hydrogens is 401 g/mol. The van der Waals surface area contributed by atoms with Crippen molar-refractivity contribution in [2.75, 3.05) is 45.8 Å². The molecule has 0 aliphatic carbocycles. The Morgan fingerprint density at radius 2 is 1.78 bits per heavy atom. The number of piperidine rings is 1. The molecule has 1 saturated heterocycles. The number of hydrogen-bond donors (Lipinski definition) is 2. The fraction of sp³-hybridized carbons (Fsp3) is 0.941. The van der Waals surface area contributed by atoms with Gasteiger partial charge in [-0.25, -0.2) is 0 Å². The van der Waals surface area contributed by atoms with E-state index >= 15 is 0 Å². The van der Waals surface area contributed by atoms with Crippen molar-refractivity contribution in [1.29, 1.82) is 0 Å². The molecule has 0 radical (unpaired) electrons. The summed E-state index contributed by atoms with van der Waals surface area (Å²) in [5, 5.41) is 7.00. The van der Waals surface area contributed by atoms with E-state index in [0.717, 1.165) is 38.7 Å². The second kappa shape index (κ2) is 13.2. The quantitative estimate of drug-likeness (QED) is 0.346. The summed E-state index contributed by atoms with van der Waals surface area (Å²) in [5.41, 5.74) is 0. The predicted octanol–water partition coefficient (Wildman–Crippen LogP) is 2.37. The third kappa shape index (κ3) is 9.10. The van der Waals surface area contributed by atoms with Gasteiger partial charge < -0.3 is 20.4 Å². The number of likely N-dealkylation sites (tertiary alicyclic amines) is 1. The fourth-order valence-electron chi connectivity index (χ4n) is 2.92. The molecule has 1 aliphatic rings. The Morgan fingerprint density at radius 3 is 2.26 bits per heavy atom. The molecule has 0 aromatic carbocycles. The zero-order valence-corrected chi connectivity index (χ0v) is 18.1. The van der Waals surface area contributed by atoms with Crippen molar-refractivity contribution >= 4 is 29.9 Å². The molecule has 23 heavy (non-hydrogen) atoms. The first-order chi connectivity index (χ1) is 10.6. The highest BCUT2D eigenvalue weighted by molar-refractivity contribution is 14.0. The normalized spacial score (nSPS) is 17.4. The molecule has 0 spiro atoms. The first-order valence-electron chi connectivity index (χ1n) is 9.11. The molecule has 0 bridgehead atoms. The molecule has 0 saturated carbocycles. The topological polar surface area (TPSA) is 42.9 Å². The van der Waals surface area contributed by atoms with Crippen LogP contribution in [0, 0.1) is 0 Å². The second-order valence-corrected chi connectivity index (χ2v) is 6.34. The summed E-state index contributed by atoms with van der Waals surface area (Å²) in [6.45, 7) is 18.5. The van der Waals surface area contributed by atoms with Crippen molar-refractivity contribution in [1.82, 2.24) is 20.4 Å². The number of likely N-dealkylation sites (N-methyl/N-ethyl adjacent to an activating group) is 1. The van der Waals surface area contributed by atoms with Gasteiger partial charge in [-0.2, -0.15) is 0 Å². The highest BCUT2D eigenvalue weighted by Crippen LogP contribution is 2.12. The maximum Gasteiger partial charge on any atom is 0.191 e. The molecule has 0 aromatic rings. The number of nitrogens with zero attached hydrogens (tertiary/aromatic N) is 3. The Hall–Kier alpha value is -0.0800. The summed E-state index contributed by atoms with van der Waals surface area (Å²) < 4.78 is 0. The van der Waals surface area contributed by atoms with Crippen molar-refractivity contribution < 1.29 is 0 Å². The molecule has 6 heteroatoms. The number of nitrogens with one attached hydrogen (secondary N) is 2. The van der Waals surface area contributed by atoms with Crippen LogP contribution in [-0.2, 0) is 0 Å². The van der Waals surface area contributed by atoms with Crippen LogP contribution in [0.1, 0.15) is 47.5 Å². The van der Waals surface area contributed by atoms with E-state index in [9.17, 15) is 0 Å². The molecule has 1 aliphatic heterocycles. The number of hydrogen-bond acceptors (Lipinski definition) is 3. The molecule has 5 nitrogen and oxygen atoms in total. The summed E-state index contributed by atoms with van der Waals surface area (Å²) >= 11 is 0. The average Bonchev–Trinajstić information content (AvgIpc) is 2.52. The Balaban J connectivity index is 0.00000484. The van der Waals surface area contributed by atoms with E-state index in [4.69, 9.17) is 4.99 Å². The van der Waals surface area contributed by atoms with Gasteiger partial charge in [0.25, 0.3) is 0 Å². The van der Waals surface area contributed by atoms with Crippen LogP contribution in [0.3, 0.4) is 0 Å². The van der Waals surface area contributed by atoms with E-state index in [1.807, 2.05) is 0 Å². The zero-order valence-electron chi connectivity index (χ0n) is 15.8. The van der Waals surface area contributed by atoms with Gasteiger partial charge in [0.05, 0.1) is 6.54 Å². The Kier molecular flexibility index (Phi) is 13.2. The van der Waals surface area contributed by atoms with Gasteiger partial charge in [0.2, 0.25) is 0 Å². The minimum absolute atomic E-state index is 0. The number of rotatable bonds is 8. The highest BCUT2D eigenvalue weighted by Gasteiger charge is 2.21. The maximum atomic E-state index is 4.74. The first-order valence-corrected chi connectivity index (χ1v) is 9.11. The van der Waals surface area contributed by atoms with Gasteiger partial charge in [0.15, 0.2) is 5.96 Å². The van der Waals surface area contributed by atoms with Crippen LogP contribution in [0.25, 0.3) is 0 Å². The Morgan fingerprint density at radius 1 is 1.17 bits per heavy atom. The van der Waals surface area contributed by atoms with Crippen molar-refractivity contribution in [3.8, 4) is 0 Å². The van der Waals surface area contributed by atoms with Crippen LogP contribution in [-0.4, -0.2) is 73.7 Å². The Bertz CT molecular complexity index is 310. The molecule has 0 unspecified atom stereocenters. The lowest BCUT2D eigenvalue weighted by Gasteiger charge is -2.35. The van der Waals surface area contributed by atoms with Gasteiger partial charge in [0.1, 0.15) is 0 Å². The van der Waals surface area contributed by atoms with Crippen molar-refractivity contribution in [2.45, 2.75) is 59.5 Å². The lowest BCUT2D eigenvalue weighted by Crippen LogP contribution is -2.50. The first kappa shape index (κ1) is 22.9. The van der Waals surface area contributed by atoms with Crippen LogP contribution in [0.5, 0.6) is 0 Å². The summed E-state index contributed by atoms with van der Waals surface area (Å²) in [4.78, 5) is 9.71. The van der Waals surface area contributed by atoms with Crippen molar-refractivity contribution in [3.63, 3.8) is 0 Å². The van der Waals surface area contributed by atoms with Crippen LogP contribution in [0.2, 0.25) is 0 Å². The molecule has 0 aromatic heterocycles. The van der Waals surface area contributed by atoms with Crippen LogP contribution in [0.15, 0.2) is 4.99 Å². The van der Waals surface area contributed by atoms with Gasteiger partial charge in [-0.15, -0.1) is 24.0 Å². The van der Waals surface area contributed by atoms with Gasteiger partial charge >= 0.3 is 0 Å². The standard InChI is InChI=1S/C17H37N5.HI/c1-6-18-17(19-11-14-21(7-2)8-3)20-16-9-12-22(13-10-16)15(4)5;/h15-16H,6-14H2,1-5H3,(H2,18,19,20);1H. The van der Waals surface area contributed by atoms with Gasteiger partial charge in [-0.3, -0.25) is 4.99 Å². The van der Waals surface area contributed by atoms with Gasteiger partial charge in [0, 0.05) is 38.3 Å². The monoisotopic (exact) mass is 439 g/mol. The Labute approximate surface area is 160 Å². The van der Waals surface area contributed by atoms with Crippen molar-refractivity contribution in [3.05, 3.63) is 0 Å². The predicted molar refractivity (Wildman–Crippen MR) is 112 cm³/mol. The molecule has 1 rings (SSSR count).